The molecule has 1 rings (SSSR count). The van der Waals surface area contributed by atoms with Gasteiger partial charge in [-0.05, 0) is 42.9 Å². The maximum atomic E-state index is 2.57. The van der Waals surface area contributed by atoms with E-state index >= 15 is 0 Å². The van der Waals surface area contributed by atoms with E-state index in [1.807, 2.05) is 0 Å². The van der Waals surface area contributed by atoms with Crippen molar-refractivity contribution in [3.63, 3.8) is 0 Å². The maximum absolute atomic E-state index is 2.57. The summed E-state index contributed by atoms with van der Waals surface area (Å²) in [6.07, 6.45) is 8.05. The normalized spacial score (nSPS) is 32.3. The zero-order valence-electron chi connectivity index (χ0n) is 11.2. The van der Waals surface area contributed by atoms with E-state index in [1.165, 1.54) is 25.7 Å². The molecule has 0 unspecified atom stereocenters. The van der Waals surface area contributed by atoms with Crippen molar-refractivity contribution in [2.45, 2.75) is 60.3 Å². The Morgan fingerprint density at radius 1 is 1.27 bits per heavy atom. The quantitative estimate of drug-likeness (QED) is 0.569. The zero-order chi connectivity index (χ0) is 11.4. The van der Waals surface area contributed by atoms with Crippen LogP contribution in [0.5, 0.6) is 0 Å². The average molecular weight is 208 g/mol. The molecule has 15 heavy (non-hydrogen) atoms. The molecule has 0 heterocycles. The zero-order valence-corrected chi connectivity index (χ0v) is 11.2. The van der Waals surface area contributed by atoms with Gasteiger partial charge in [0.2, 0.25) is 0 Å². The molecular weight excluding hydrogens is 180 g/mol. The fourth-order valence-electron chi connectivity index (χ4n) is 2.74. The van der Waals surface area contributed by atoms with Crippen LogP contribution in [0, 0.1) is 23.7 Å². The van der Waals surface area contributed by atoms with E-state index in [-0.39, 0.29) is 0 Å². The molecule has 3 atom stereocenters. The summed E-state index contributed by atoms with van der Waals surface area (Å²) < 4.78 is 0. The van der Waals surface area contributed by atoms with Crippen molar-refractivity contribution >= 4 is 0 Å². The first-order valence-corrected chi connectivity index (χ1v) is 6.75. The number of hydrogen-bond acceptors (Lipinski definition) is 0. The summed E-state index contributed by atoms with van der Waals surface area (Å²) in [5.74, 6) is 3.38. The Hall–Kier alpha value is -0.260. The molecule has 1 aliphatic rings. The highest BCUT2D eigenvalue weighted by Crippen LogP contribution is 2.38. The molecule has 0 radical (unpaired) electrons. The second-order valence-corrected chi connectivity index (χ2v) is 5.86. The van der Waals surface area contributed by atoms with E-state index in [2.05, 4.69) is 40.7 Å². The number of rotatable bonds is 3. The van der Waals surface area contributed by atoms with E-state index in [4.69, 9.17) is 0 Å². The molecule has 0 heteroatoms. The van der Waals surface area contributed by atoms with Crippen molar-refractivity contribution in [2.24, 2.45) is 23.7 Å². The molecule has 0 aromatic rings. The van der Waals surface area contributed by atoms with Crippen LogP contribution in [0.1, 0.15) is 60.3 Å². The van der Waals surface area contributed by atoms with Crippen LogP contribution in [0.2, 0.25) is 0 Å². The van der Waals surface area contributed by atoms with Crippen molar-refractivity contribution in [2.75, 3.05) is 0 Å². The Balaban J connectivity index is 2.74. The minimum atomic E-state index is 0.770. The first kappa shape index (κ1) is 12.8. The minimum Gasteiger partial charge on any atom is -0.0822 e. The monoisotopic (exact) mass is 208 g/mol. The van der Waals surface area contributed by atoms with E-state index in [9.17, 15) is 0 Å². The van der Waals surface area contributed by atoms with Crippen LogP contribution in [0.15, 0.2) is 11.6 Å². The van der Waals surface area contributed by atoms with Gasteiger partial charge in [0, 0.05) is 0 Å². The molecule has 0 aliphatic heterocycles. The van der Waals surface area contributed by atoms with Crippen LogP contribution in [-0.2, 0) is 0 Å². The van der Waals surface area contributed by atoms with E-state index in [0.29, 0.717) is 0 Å². The van der Waals surface area contributed by atoms with Crippen molar-refractivity contribution in [1.29, 1.82) is 0 Å². The fourth-order valence-corrected chi connectivity index (χ4v) is 2.74. The molecule has 0 nitrogen and oxygen atoms in total. The van der Waals surface area contributed by atoms with Crippen LogP contribution >= 0.6 is 0 Å². The highest BCUT2D eigenvalue weighted by Gasteiger charge is 2.25. The predicted molar refractivity (Wildman–Crippen MR) is 68.9 cm³/mol. The fraction of sp³-hybridized carbons (Fsp3) is 0.867. The largest absolute Gasteiger partial charge is 0.0822 e. The van der Waals surface area contributed by atoms with Gasteiger partial charge in [0.25, 0.3) is 0 Å². The third-order valence-corrected chi connectivity index (χ3v) is 3.98. The first-order chi connectivity index (χ1) is 7.04. The van der Waals surface area contributed by atoms with Crippen LogP contribution < -0.4 is 0 Å². The summed E-state index contributed by atoms with van der Waals surface area (Å²) in [5.41, 5.74) is 1.76. The lowest BCUT2D eigenvalue weighted by molar-refractivity contribution is 0.305. The second-order valence-electron chi connectivity index (χ2n) is 5.86. The smallest absolute Gasteiger partial charge is 0.0180 e. The summed E-state index contributed by atoms with van der Waals surface area (Å²) in [4.78, 5) is 0. The lowest BCUT2D eigenvalue weighted by Crippen LogP contribution is -2.20. The number of allylic oxidation sites excluding steroid dienone is 2. The second kappa shape index (κ2) is 5.72. The van der Waals surface area contributed by atoms with Gasteiger partial charge in [0.05, 0.1) is 0 Å². The molecule has 0 bridgehead atoms. The Morgan fingerprint density at radius 3 is 2.47 bits per heavy atom. The first-order valence-electron chi connectivity index (χ1n) is 6.75. The summed E-state index contributed by atoms with van der Waals surface area (Å²) >= 11 is 0. The lowest BCUT2D eigenvalue weighted by atomic mass is 9.73. The average Bonchev–Trinajstić information content (AvgIpc) is 2.17. The van der Waals surface area contributed by atoms with Crippen molar-refractivity contribution < 1.29 is 0 Å². The summed E-state index contributed by atoms with van der Waals surface area (Å²) in [6, 6.07) is 0. The molecule has 0 aromatic carbocycles. The SMILES string of the molecule is CC[C@@H](C)/C=C1\C[C@H](C)CC[C@H]1C(C)C. The van der Waals surface area contributed by atoms with Crippen LogP contribution in [-0.4, -0.2) is 0 Å². The Kier molecular flexibility index (Phi) is 4.89. The molecular formula is C15H28. The van der Waals surface area contributed by atoms with E-state index in [1.54, 1.807) is 5.57 Å². The molecule has 0 amide bonds. The van der Waals surface area contributed by atoms with Crippen molar-refractivity contribution in [3.8, 4) is 0 Å². The molecule has 1 aliphatic carbocycles. The lowest BCUT2D eigenvalue weighted by Gasteiger charge is -2.33. The predicted octanol–water partition coefficient (Wildman–Crippen LogP) is 5.05. The topological polar surface area (TPSA) is 0 Å². The van der Waals surface area contributed by atoms with Crippen LogP contribution in [0.25, 0.3) is 0 Å². The third kappa shape index (κ3) is 3.66. The van der Waals surface area contributed by atoms with E-state index < -0.39 is 0 Å². The summed E-state index contributed by atoms with van der Waals surface area (Å²) in [5, 5.41) is 0. The summed E-state index contributed by atoms with van der Waals surface area (Å²) in [7, 11) is 0. The molecule has 88 valence electrons. The Morgan fingerprint density at radius 2 is 1.93 bits per heavy atom. The molecule has 0 aromatic heterocycles. The number of hydrogen-bond donors (Lipinski definition) is 0. The van der Waals surface area contributed by atoms with Gasteiger partial charge in [0.1, 0.15) is 0 Å². The molecule has 0 N–H and O–H groups in total. The molecule has 1 fully saturated rings. The highest BCUT2D eigenvalue weighted by molar-refractivity contribution is 5.12. The van der Waals surface area contributed by atoms with Gasteiger partial charge >= 0.3 is 0 Å². The standard InChI is InChI=1S/C15H28/c1-6-12(4)9-14-10-13(5)7-8-15(14)11(2)3/h9,11-13,15H,6-8,10H2,1-5H3/b14-9+/t12-,13-,15+/m1/s1. The van der Waals surface area contributed by atoms with Gasteiger partial charge in [0.15, 0.2) is 0 Å². The van der Waals surface area contributed by atoms with Gasteiger partial charge in [-0.25, -0.2) is 0 Å². The van der Waals surface area contributed by atoms with Crippen LogP contribution in [0.4, 0.5) is 0 Å². The van der Waals surface area contributed by atoms with Crippen molar-refractivity contribution in [1.82, 2.24) is 0 Å². The molecule has 0 saturated heterocycles. The van der Waals surface area contributed by atoms with Gasteiger partial charge in [-0.2, -0.15) is 0 Å². The minimum absolute atomic E-state index is 0.770. The Bertz CT molecular complexity index is 212. The molecule has 0 spiro atoms. The van der Waals surface area contributed by atoms with Gasteiger partial charge in [-0.1, -0.05) is 52.7 Å². The Labute approximate surface area is 96.2 Å². The maximum Gasteiger partial charge on any atom is -0.0180 e. The highest BCUT2D eigenvalue weighted by atomic mass is 14.3. The van der Waals surface area contributed by atoms with Crippen molar-refractivity contribution in [3.05, 3.63) is 11.6 Å². The van der Waals surface area contributed by atoms with Gasteiger partial charge < -0.3 is 0 Å². The third-order valence-electron chi connectivity index (χ3n) is 3.98. The van der Waals surface area contributed by atoms with Crippen LogP contribution in [0.3, 0.4) is 0 Å². The molecule has 1 saturated carbocycles. The van der Waals surface area contributed by atoms with Gasteiger partial charge in [-0.3, -0.25) is 0 Å². The van der Waals surface area contributed by atoms with E-state index in [0.717, 1.165) is 23.7 Å². The summed E-state index contributed by atoms with van der Waals surface area (Å²) in [6.45, 7) is 11.8. The van der Waals surface area contributed by atoms with Gasteiger partial charge in [-0.15, -0.1) is 0 Å².